The lowest BCUT2D eigenvalue weighted by Gasteiger charge is -2.14. The van der Waals surface area contributed by atoms with Gasteiger partial charge in [-0.3, -0.25) is 4.98 Å². The van der Waals surface area contributed by atoms with Crippen LogP contribution in [0.5, 0.6) is 0 Å². The minimum absolute atomic E-state index is 0.119. The summed E-state index contributed by atoms with van der Waals surface area (Å²) < 4.78 is 0. The molecular weight excluding hydrogens is 252 g/mol. The number of aromatic nitrogens is 1. The summed E-state index contributed by atoms with van der Waals surface area (Å²) in [4.78, 5) is 4.11. The summed E-state index contributed by atoms with van der Waals surface area (Å²) in [6, 6.07) is 11.8. The van der Waals surface area contributed by atoms with E-state index in [0.717, 1.165) is 17.7 Å². The first-order valence-electron chi connectivity index (χ1n) is 6.41. The van der Waals surface area contributed by atoms with E-state index in [2.05, 4.69) is 22.4 Å². The molecule has 2 aromatic rings. The van der Waals surface area contributed by atoms with Crippen LogP contribution < -0.4 is 11.1 Å². The fourth-order valence-electron chi connectivity index (χ4n) is 1.87. The molecule has 0 saturated carbocycles. The molecule has 20 heavy (non-hydrogen) atoms. The van der Waals surface area contributed by atoms with Crippen molar-refractivity contribution >= 4 is 5.84 Å². The molecule has 0 aliphatic carbocycles. The highest BCUT2D eigenvalue weighted by Gasteiger charge is 2.05. The van der Waals surface area contributed by atoms with Gasteiger partial charge in [0, 0.05) is 30.5 Å². The number of oxime groups is 1. The molecular formula is C15H18N4O. The molecule has 0 radical (unpaired) electrons. The number of hydrogen-bond acceptors (Lipinski definition) is 4. The molecule has 4 N–H and O–H groups in total. The van der Waals surface area contributed by atoms with Gasteiger partial charge in [-0.25, -0.2) is 0 Å². The molecule has 0 fully saturated rings. The molecule has 2 rings (SSSR count). The van der Waals surface area contributed by atoms with Gasteiger partial charge in [0.1, 0.15) is 0 Å². The van der Waals surface area contributed by atoms with Crippen LogP contribution in [0.1, 0.15) is 29.7 Å². The molecule has 1 atom stereocenters. The van der Waals surface area contributed by atoms with Gasteiger partial charge in [0.2, 0.25) is 0 Å². The topological polar surface area (TPSA) is 83.5 Å². The van der Waals surface area contributed by atoms with Crippen LogP contribution in [0.3, 0.4) is 0 Å². The summed E-state index contributed by atoms with van der Waals surface area (Å²) in [5, 5.41) is 15.0. The Balaban J connectivity index is 1.94. The molecule has 1 aromatic heterocycles. The van der Waals surface area contributed by atoms with Crippen molar-refractivity contribution in [1.82, 2.24) is 10.3 Å². The summed E-state index contributed by atoms with van der Waals surface area (Å²) in [6.45, 7) is 2.84. The van der Waals surface area contributed by atoms with Crippen LogP contribution in [0, 0.1) is 0 Å². The third-order valence-electron chi connectivity index (χ3n) is 3.15. The molecule has 0 amide bonds. The highest BCUT2D eigenvalue weighted by Crippen LogP contribution is 2.11. The zero-order valence-electron chi connectivity index (χ0n) is 11.3. The Hall–Kier alpha value is -2.40. The van der Waals surface area contributed by atoms with Crippen LogP contribution in [0.4, 0.5) is 0 Å². The Morgan fingerprint density at radius 2 is 2.10 bits per heavy atom. The summed E-state index contributed by atoms with van der Waals surface area (Å²) in [7, 11) is 0. The predicted octanol–water partition coefficient (Wildman–Crippen LogP) is 2.03. The van der Waals surface area contributed by atoms with E-state index in [1.54, 1.807) is 6.20 Å². The van der Waals surface area contributed by atoms with E-state index in [-0.39, 0.29) is 11.9 Å². The van der Waals surface area contributed by atoms with Crippen molar-refractivity contribution in [1.29, 1.82) is 0 Å². The largest absolute Gasteiger partial charge is 0.409 e. The Kier molecular flexibility index (Phi) is 4.68. The van der Waals surface area contributed by atoms with Crippen molar-refractivity contribution in [2.24, 2.45) is 10.9 Å². The smallest absolute Gasteiger partial charge is 0.170 e. The van der Waals surface area contributed by atoms with E-state index in [1.807, 2.05) is 42.6 Å². The van der Waals surface area contributed by atoms with Gasteiger partial charge in [-0.15, -0.1) is 0 Å². The second-order valence-electron chi connectivity index (χ2n) is 4.57. The number of benzene rings is 1. The van der Waals surface area contributed by atoms with Crippen LogP contribution >= 0.6 is 0 Å². The van der Waals surface area contributed by atoms with Crippen molar-refractivity contribution in [2.75, 3.05) is 0 Å². The molecule has 0 unspecified atom stereocenters. The Labute approximate surface area is 118 Å². The number of nitrogens with two attached hydrogens (primary N) is 1. The highest BCUT2D eigenvalue weighted by atomic mass is 16.4. The third kappa shape index (κ3) is 3.55. The van der Waals surface area contributed by atoms with E-state index >= 15 is 0 Å². The number of nitrogens with one attached hydrogen (secondary N) is 1. The lowest BCUT2D eigenvalue weighted by molar-refractivity contribution is 0.318. The fourth-order valence-corrected chi connectivity index (χ4v) is 1.87. The summed E-state index contributed by atoms with van der Waals surface area (Å²) >= 11 is 0. The average Bonchev–Trinajstić information content (AvgIpc) is 2.53. The lowest BCUT2D eigenvalue weighted by Crippen LogP contribution is -2.18. The standard InChI is InChI=1S/C15H18N4O/c1-11(14-3-2-8-17-10-14)18-9-12-4-6-13(7-5-12)15(16)19-20/h2-8,10-11,18,20H,9H2,1H3,(H2,16,19)/t11-/m0/s1. The first-order valence-corrected chi connectivity index (χ1v) is 6.41. The molecule has 0 aliphatic rings. The van der Waals surface area contributed by atoms with E-state index in [9.17, 15) is 0 Å². The first-order chi connectivity index (χ1) is 9.70. The van der Waals surface area contributed by atoms with Gasteiger partial charge in [-0.05, 0) is 24.1 Å². The maximum Gasteiger partial charge on any atom is 0.170 e. The minimum Gasteiger partial charge on any atom is -0.409 e. The second kappa shape index (κ2) is 6.68. The van der Waals surface area contributed by atoms with Gasteiger partial charge < -0.3 is 16.3 Å². The van der Waals surface area contributed by atoms with Crippen LogP contribution in [-0.4, -0.2) is 16.0 Å². The third-order valence-corrected chi connectivity index (χ3v) is 3.15. The van der Waals surface area contributed by atoms with Gasteiger partial charge in [0.25, 0.3) is 0 Å². The molecule has 104 valence electrons. The van der Waals surface area contributed by atoms with Crippen molar-refractivity contribution in [3.63, 3.8) is 0 Å². The number of amidine groups is 1. The van der Waals surface area contributed by atoms with Crippen molar-refractivity contribution in [2.45, 2.75) is 19.5 Å². The fraction of sp³-hybridized carbons (Fsp3) is 0.200. The summed E-state index contributed by atoms with van der Waals surface area (Å²) in [5.41, 5.74) is 8.51. The maximum absolute atomic E-state index is 8.60. The van der Waals surface area contributed by atoms with Gasteiger partial charge in [0.15, 0.2) is 5.84 Å². The number of hydrogen-bond donors (Lipinski definition) is 3. The molecule has 1 aromatic carbocycles. The van der Waals surface area contributed by atoms with Crippen molar-refractivity contribution in [3.05, 3.63) is 65.5 Å². The highest BCUT2D eigenvalue weighted by molar-refractivity contribution is 5.96. The Morgan fingerprint density at radius 1 is 1.35 bits per heavy atom. The van der Waals surface area contributed by atoms with Crippen LogP contribution in [0.25, 0.3) is 0 Å². The average molecular weight is 270 g/mol. The number of rotatable bonds is 5. The molecule has 0 spiro atoms. The van der Waals surface area contributed by atoms with Crippen LogP contribution in [0.15, 0.2) is 53.9 Å². The number of pyridine rings is 1. The Morgan fingerprint density at radius 3 is 2.70 bits per heavy atom. The zero-order valence-corrected chi connectivity index (χ0v) is 11.3. The first kappa shape index (κ1) is 14.0. The van der Waals surface area contributed by atoms with E-state index in [4.69, 9.17) is 10.9 Å². The van der Waals surface area contributed by atoms with Crippen molar-refractivity contribution < 1.29 is 5.21 Å². The maximum atomic E-state index is 8.60. The van der Waals surface area contributed by atoms with Crippen LogP contribution in [-0.2, 0) is 6.54 Å². The SMILES string of the molecule is C[C@H](NCc1ccc(/C(N)=N/O)cc1)c1cccnc1. The quantitative estimate of drug-likeness (QED) is 0.336. The normalized spacial score (nSPS) is 13.2. The molecule has 5 nitrogen and oxygen atoms in total. The molecule has 5 heteroatoms. The van der Waals surface area contributed by atoms with Crippen molar-refractivity contribution in [3.8, 4) is 0 Å². The Bertz CT molecular complexity index is 566. The molecule has 0 saturated heterocycles. The lowest BCUT2D eigenvalue weighted by atomic mass is 10.1. The van der Waals surface area contributed by atoms with Gasteiger partial charge in [-0.1, -0.05) is 35.5 Å². The summed E-state index contributed by atoms with van der Waals surface area (Å²) in [5.74, 6) is 0.119. The minimum atomic E-state index is 0.119. The van der Waals surface area contributed by atoms with Gasteiger partial charge in [-0.2, -0.15) is 0 Å². The van der Waals surface area contributed by atoms with E-state index in [1.165, 1.54) is 0 Å². The molecule has 1 heterocycles. The van der Waals surface area contributed by atoms with Crippen LogP contribution in [0.2, 0.25) is 0 Å². The summed E-state index contributed by atoms with van der Waals surface area (Å²) in [6.07, 6.45) is 3.63. The zero-order chi connectivity index (χ0) is 14.4. The van der Waals surface area contributed by atoms with E-state index in [0.29, 0.717) is 5.56 Å². The van der Waals surface area contributed by atoms with Gasteiger partial charge >= 0.3 is 0 Å². The molecule has 0 bridgehead atoms. The number of nitrogens with zero attached hydrogens (tertiary/aromatic N) is 2. The predicted molar refractivity (Wildman–Crippen MR) is 78.4 cm³/mol. The van der Waals surface area contributed by atoms with Gasteiger partial charge in [0.05, 0.1) is 0 Å². The van der Waals surface area contributed by atoms with E-state index < -0.39 is 0 Å². The molecule has 0 aliphatic heterocycles. The monoisotopic (exact) mass is 270 g/mol. The second-order valence-corrected chi connectivity index (χ2v) is 4.57.